The van der Waals surface area contributed by atoms with Gasteiger partial charge < -0.3 is 9.26 Å². The fourth-order valence-electron chi connectivity index (χ4n) is 3.95. The molecule has 0 N–H and O–H groups in total. The summed E-state index contributed by atoms with van der Waals surface area (Å²) in [6.45, 7) is 9.50. The van der Waals surface area contributed by atoms with Crippen molar-refractivity contribution in [2.24, 2.45) is 5.92 Å². The first-order valence-corrected chi connectivity index (χ1v) is 15.5. The van der Waals surface area contributed by atoms with Crippen LogP contribution in [0.3, 0.4) is 0 Å². The third kappa shape index (κ3) is 5.59. The van der Waals surface area contributed by atoms with Crippen molar-refractivity contribution in [3.05, 3.63) is 65.9 Å². The van der Waals surface area contributed by atoms with Crippen molar-refractivity contribution in [2.75, 3.05) is 0 Å². The molecule has 0 aliphatic heterocycles. The molecule has 0 spiro atoms. The van der Waals surface area contributed by atoms with E-state index in [1.54, 1.807) is 0 Å². The summed E-state index contributed by atoms with van der Waals surface area (Å²) in [5, 5.41) is 10.2. The molecule has 1 aliphatic carbocycles. The van der Waals surface area contributed by atoms with Gasteiger partial charge in [0.15, 0.2) is 5.69 Å². The fourth-order valence-corrected chi connectivity index (χ4v) is 5.12. The first-order valence-electron chi connectivity index (χ1n) is 12.0. The van der Waals surface area contributed by atoms with Crippen molar-refractivity contribution < 1.29 is 14.1 Å². The average molecular weight is 487 g/mol. The summed E-state index contributed by atoms with van der Waals surface area (Å²) in [6, 6.07) is 18.0. The van der Waals surface area contributed by atoms with Gasteiger partial charge in [0.25, 0.3) is 5.89 Å². The van der Waals surface area contributed by atoms with Crippen LogP contribution in [0, 0.1) is 12.8 Å². The molecule has 0 unspecified atom stereocenters. The topological polar surface area (TPSA) is 83.0 Å². The molecule has 35 heavy (non-hydrogen) atoms. The van der Waals surface area contributed by atoms with E-state index in [-0.39, 0.29) is 5.97 Å². The molecule has 5 rings (SSSR count). The lowest BCUT2D eigenvalue weighted by atomic mass is 10.2. The van der Waals surface area contributed by atoms with E-state index in [2.05, 4.69) is 59.1 Å². The molecular formula is C27H30N4O3Si. The molecule has 2 aromatic heterocycles. The maximum atomic E-state index is 12.1. The molecule has 0 atom stereocenters. The Kier molecular flexibility index (Phi) is 6.15. The van der Waals surface area contributed by atoms with Crippen LogP contribution in [0.4, 0.5) is 0 Å². The summed E-state index contributed by atoms with van der Waals surface area (Å²) in [4.78, 5) is 16.6. The minimum absolute atomic E-state index is 0.162. The predicted octanol–water partition coefficient (Wildman–Crippen LogP) is 5.21. The van der Waals surface area contributed by atoms with Gasteiger partial charge in [-0.1, -0.05) is 66.4 Å². The molecule has 0 amide bonds. The predicted molar refractivity (Wildman–Crippen MR) is 137 cm³/mol. The highest BCUT2D eigenvalue weighted by molar-refractivity contribution is 6.88. The largest absolute Gasteiger partial charge is 0.427 e. The van der Waals surface area contributed by atoms with Crippen molar-refractivity contribution in [1.29, 1.82) is 0 Å². The number of aryl methyl sites for hydroxylation is 1. The van der Waals surface area contributed by atoms with Gasteiger partial charge in [0.2, 0.25) is 5.82 Å². The van der Waals surface area contributed by atoms with Crippen LogP contribution >= 0.6 is 0 Å². The van der Waals surface area contributed by atoms with Gasteiger partial charge in [0.1, 0.15) is 5.75 Å². The standard InChI is InChI=1S/C27H30N4O3Si/c1-18-14-24(27-28-26(30-34-27)21-10-12-23(13-11-21)35(2,3)4)29-31(18)17-20-6-5-7-22(15-20)33-25(32)16-19-8-9-19/h5-7,10-15,19H,8-9,16-17H2,1-4H3. The number of rotatable bonds is 8. The SMILES string of the molecule is Cc1cc(-c2nc(-c3ccc([Si](C)(C)C)cc3)no2)nn1Cc1cccc(OC(=O)CC2CC2)c1. The lowest BCUT2D eigenvalue weighted by Gasteiger charge is -2.16. The Hall–Kier alpha value is -3.52. The maximum absolute atomic E-state index is 12.1. The van der Waals surface area contributed by atoms with Crippen LogP contribution in [-0.4, -0.2) is 34.0 Å². The van der Waals surface area contributed by atoms with Crippen LogP contribution < -0.4 is 9.92 Å². The molecule has 0 radical (unpaired) electrons. The van der Waals surface area contributed by atoms with Crippen LogP contribution in [0.5, 0.6) is 5.75 Å². The van der Waals surface area contributed by atoms with Crippen LogP contribution in [0.25, 0.3) is 23.0 Å². The van der Waals surface area contributed by atoms with Gasteiger partial charge in [-0.25, -0.2) is 0 Å². The van der Waals surface area contributed by atoms with E-state index in [0.717, 1.165) is 29.7 Å². The highest BCUT2D eigenvalue weighted by Gasteiger charge is 2.25. The van der Waals surface area contributed by atoms with E-state index in [4.69, 9.17) is 9.26 Å². The van der Waals surface area contributed by atoms with Crippen molar-refractivity contribution in [2.45, 2.75) is 52.4 Å². The molecule has 1 aliphatic rings. The normalized spacial score (nSPS) is 13.7. The number of esters is 1. The highest BCUT2D eigenvalue weighted by Crippen LogP contribution is 2.33. The third-order valence-corrected chi connectivity index (χ3v) is 8.32. The number of benzene rings is 2. The summed E-state index contributed by atoms with van der Waals surface area (Å²) < 4.78 is 12.9. The van der Waals surface area contributed by atoms with Crippen LogP contribution in [0.1, 0.15) is 30.5 Å². The molecule has 180 valence electrons. The fraction of sp³-hybridized carbons (Fsp3) is 0.333. The molecule has 2 aromatic carbocycles. The van der Waals surface area contributed by atoms with E-state index in [1.165, 1.54) is 5.19 Å². The Morgan fingerprint density at radius 3 is 2.60 bits per heavy atom. The van der Waals surface area contributed by atoms with E-state index >= 15 is 0 Å². The molecule has 1 saturated carbocycles. The first-order chi connectivity index (χ1) is 16.7. The summed E-state index contributed by atoms with van der Waals surface area (Å²) in [7, 11) is -1.36. The minimum atomic E-state index is -1.36. The van der Waals surface area contributed by atoms with Crippen LogP contribution in [0.15, 0.2) is 59.1 Å². The smallest absolute Gasteiger partial charge is 0.311 e. The second-order valence-corrected chi connectivity index (χ2v) is 15.4. The van der Waals surface area contributed by atoms with Gasteiger partial charge in [-0.15, -0.1) is 0 Å². The van der Waals surface area contributed by atoms with Crippen molar-refractivity contribution in [3.63, 3.8) is 0 Å². The Labute approximate surface area is 206 Å². The van der Waals surface area contributed by atoms with Gasteiger partial charge in [-0.2, -0.15) is 10.1 Å². The zero-order valence-electron chi connectivity index (χ0n) is 20.6. The lowest BCUT2D eigenvalue weighted by molar-refractivity contribution is -0.134. The highest BCUT2D eigenvalue weighted by atomic mass is 28.3. The number of nitrogens with zero attached hydrogens (tertiary/aromatic N) is 4. The molecule has 0 saturated heterocycles. The number of hydrogen-bond acceptors (Lipinski definition) is 6. The monoisotopic (exact) mass is 486 g/mol. The molecule has 1 fully saturated rings. The Morgan fingerprint density at radius 1 is 1.11 bits per heavy atom. The minimum Gasteiger partial charge on any atom is -0.427 e. The van der Waals surface area contributed by atoms with Gasteiger partial charge in [0, 0.05) is 17.7 Å². The summed E-state index contributed by atoms with van der Waals surface area (Å²) in [5.74, 6) is 1.85. The molecule has 2 heterocycles. The number of carbonyl (C=O) groups is 1. The summed E-state index contributed by atoms with van der Waals surface area (Å²) in [5.41, 5.74) is 3.52. The van der Waals surface area contributed by atoms with Crippen molar-refractivity contribution >= 4 is 19.2 Å². The van der Waals surface area contributed by atoms with Gasteiger partial charge in [-0.3, -0.25) is 9.48 Å². The second kappa shape index (κ2) is 9.26. The van der Waals surface area contributed by atoms with Crippen molar-refractivity contribution in [3.8, 4) is 28.7 Å². The zero-order chi connectivity index (χ0) is 24.6. The molecule has 4 aromatic rings. The Balaban J connectivity index is 1.29. The van der Waals surface area contributed by atoms with E-state index in [9.17, 15) is 4.79 Å². The molecule has 7 nitrogen and oxygen atoms in total. The maximum Gasteiger partial charge on any atom is 0.311 e. The quantitative estimate of drug-likeness (QED) is 0.193. The Morgan fingerprint density at radius 2 is 1.89 bits per heavy atom. The number of aromatic nitrogens is 4. The van der Waals surface area contributed by atoms with Crippen LogP contribution in [0.2, 0.25) is 19.6 Å². The van der Waals surface area contributed by atoms with E-state index < -0.39 is 8.07 Å². The molecule has 8 heteroatoms. The first kappa shape index (κ1) is 23.2. The molecular weight excluding hydrogens is 456 g/mol. The zero-order valence-corrected chi connectivity index (χ0v) is 21.6. The number of carbonyl (C=O) groups excluding carboxylic acids is 1. The Bertz CT molecular complexity index is 1350. The van der Waals surface area contributed by atoms with Crippen molar-refractivity contribution in [1.82, 2.24) is 19.9 Å². The number of ether oxygens (including phenoxy) is 1. The summed E-state index contributed by atoms with van der Waals surface area (Å²) >= 11 is 0. The lowest BCUT2D eigenvalue weighted by Crippen LogP contribution is -2.37. The van der Waals surface area contributed by atoms with E-state index in [0.29, 0.717) is 42.0 Å². The van der Waals surface area contributed by atoms with Gasteiger partial charge >= 0.3 is 5.97 Å². The second-order valence-electron chi connectivity index (χ2n) is 10.3. The number of hydrogen-bond donors (Lipinski definition) is 0. The summed E-state index contributed by atoms with van der Waals surface area (Å²) in [6.07, 6.45) is 2.76. The average Bonchev–Trinajstić information content (AvgIpc) is 3.35. The van der Waals surface area contributed by atoms with Gasteiger partial charge in [-0.05, 0) is 49.4 Å². The van der Waals surface area contributed by atoms with Gasteiger partial charge in [0.05, 0.1) is 14.6 Å². The van der Waals surface area contributed by atoms with Crippen LogP contribution in [-0.2, 0) is 11.3 Å². The molecule has 0 bridgehead atoms. The third-order valence-electron chi connectivity index (χ3n) is 6.25. The van der Waals surface area contributed by atoms with E-state index in [1.807, 2.05) is 41.9 Å².